The molecule has 1 fully saturated rings. The SMILES string of the molecule is Cc1cccc(S(=O)(=O)CC(=O)NCC2CC2)c1N. The van der Waals surface area contributed by atoms with Crippen molar-refractivity contribution in [2.75, 3.05) is 18.0 Å². The number of aryl methyl sites for hydroxylation is 1. The normalized spacial score (nSPS) is 15.2. The van der Waals surface area contributed by atoms with Gasteiger partial charge in [-0.3, -0.25) is 4.79 Å². The Morgan fingerprint density at radius 1 is 1.42 bits per heavy atom. The highest BCUT2D eigenvalue weighted by Crippen LogP contribution is 2.27. The van der Waals surface area contributed by atoms with E-state index in [1.807, 2.05) is 0 Å². The molecule has 0 heterocycles. The topological polar surface area (TPSA) is 89.3 Å². The van der Waals surface area contributed by atoms with E-state index in [-0.39, 0.29) is 10.6 Å². The predicted molar refractivity (Wildman–Crippen MR) is 73.4 cm³/mol. The van der Waals surface area contributed by atoms with Crippen LogP contribution in [0.15, 0.2) is 23.1 Å². The molecule has 0 saturated heterocycles. The fourth-order valence-corrected chi connectivity index (χ4v) is 3.19. The van der Waals surface area contributed by atoms with Crippen LogP contribution in [0.1, 0.15) is 18.4 Å². The maximum Gasteiger partial charge on any atom is 0.235 e. The molecular weight excluding hydrogens is 264 g/mol. The van der Waals surface area contributed by atoms with E-state index in [1.165, 1.54) is 6.07 Å². The van der Waals surface area contributed by atoms with Crippen molar-refractivity contribution in [3.05, 3.63) is 23.8 Å². The molecule has 5 nitrogen and oxygen atoms in total. The number of nitrogens with one attached hydrogen (secondary N) is 1. The van der Waals surface area contributed by atoms with Gasteiger partial charge in [0.2, 0.25) is 5.91 Å². The summed E-state index contributed by atoms with van der Waals surface area (Å²) in [6, 6.07) is 4.80. The molecule has 1 aromatic rings. The maximum absolute atomic E-state index is 12.1. The zero-order valence-electron chi connectivity index (χ0n) is 10.8. The summed E-state index contributed by atoms with van der Waals surface area (Å²) in [7, 11) is -3.68. The molecule has 0 spiro atoms. The summed E-state index contributed by atoms with van der Waals surface area (Å²) in [6.45, 7) is 2.30. The largest absolute Gasteiger partial charge is 0.397 e. The van der Waals surface area contributed by atoms with Crippen LogP contribution in [0.2, 0.25) is 0 Å². The Bertz CT molecular complexity index is 592. The van der Waals surface area contributed by atoms with Gasteiger partial charge in [-0.25, -0.2) is 8.42 Å². The minimum atomic E-state index is -3.68. The first-order valence-corrected chi connectivity index (χ1v) is 7.90. The minimum absolute atomic E-state index is 0.0362. The number of nitrogens with two attached hydrogens (primary N) is 1. The molecule has 2 rings (SSSR count). The fourth-order valence-electron chi connectivity index (χ4n) is 1.81. The predicted octanol–water partition coefficient (Wildman–Crippen LogP) is 0.877. The molecule has 3 N–H and O–H groups in total. The first-order valence-electron chi connectivity index (χ1n) is 6.24. The molecule has 19 heavy (non-hydrogen) atoms. The van der Waals surface area contributed by atoms with E-state index in [2.05, 4.69) is 5.32 Å². The van der Waals surface area contributed by atoms with Gasteiger partial charge in [0.25, 0.3) is 0 Å². The van der Waals surface area contributed by atoms with E-state index < -0.39 is 21.5 Å². The Labute approximate surface area is 113 Å². The van der Waals surface area contributed by atoms with Crippen LogP contribution < -0.4 is 11.1 Å². The second-order valence-electron chi connectivity index (χ2n) is 4.99. The van der Waals surface area contributed by atoms with Crippen molar-refractivity contribution in [2.24, 2.45) is 5.92 Å². The van der Waals surface area contributed by atoms with Crippen molar-refractivity contribution in [3.63, 3.8) is 0 Å². The summed E-state index contributed by atoms with van der Waals surface area (Å²) in [6.07, 6.45) is 2.22. The number of carbonyl (C=O) groups is 1. The van der Waals surface area contributed by atoms with E-state index in [9.17, 15) is 13.2 Å². The molecule has 1 aromatic carbocycles. The number of amides is 1. The summed E-state index contributed by atoms with van der Waals surface area (Å²) in [5, 5.41) is 2.65. The zero-order valence-corrected chi connectivity index (χ0v) is 11.7. The van der Waals surface area contributed by atoms with Crippen LogP contribution >= 0.6 is 0 Å². The lowest BCUT2D eigenvalue weighted by Gasteiger charge is -2.09. The molecular formula is C13H18N2O3S. The number of rotatable bonds is 5. The highest BCUT2D eigenvalue weighted by atomic mass is 32.2. The van der Waals surface area contributed by atoms with E-state index in [0.717, 1.165) is 12.8 Å². The standard InChI is InChI=1S/C13H18N2O3S/c1-9-3-2-4-11(13(9)14)19(17,18)8-12(16)15-7-10-5-6-10/h2-4,10H,5-8,14H2,1H3,(H,15,16). The number of anilines is 1. The van der Waals surface area contributed by atoms with Crippen molar-refractivity contribution < 1.29 is 13.2 Å². The zero-order chi connectivity index (χ0) is 14.0. The number of sulfone groups is 1. The molecule has 0 radical (unpaired) electrons. The van der Waals surface area contributed by atoms with E-state index in [0.29, 0.717) is 18.0 Å². The summed E-state index contributed by atoms with van der Waals surface area (Å²) < 4.78 is 24.3. The molecule has 1 amide bonds. The van der Waals surface area contributed by atoms with Crippen LogP contribution in [-0.4, -0.2) is 26.6 Å². The lowest BCUT2D eigenvalue weighted by atomic mass is 10.2. The number of hydrogen-bond donors (Lipinski definition) is 2. The van der Waals surface area contributed by atoms with Gasteiger partial charge in [0.15, 0.2) is 9.84 Å². The number of para-hydroxylation sites is 1. The number of nitrogen functional groups attached to an aromatic ring is 1. The van der Waals surface area contributed by atoms with Crippen LogP contribution in [0, 0.1) is 12.8 Å². The lowest BCUT2D eigenvalue weighted by molar-refractivity contribution is -0.118. The summed E-state index contributed by atoms with van der Waals surface area (Å²) in [5.74, 6) is -0.489. The van der Waals surface area contributed by atoms with Crippen LogP contribution in [0.3, 0.4) is 0 Å². The van der Waals surface area contributed by atoms with Crippen molar-refractivity contribution in [1.82, 2.24) is 5.32 Å². The van der Waals surface area contributed by atoms with Gasteiger partial charge in [0.05, 0.1) is 10.6 Å². The smallest absolute Gasteiger partial charge is 0.235 e. The summed E-state index contributed by atoms with van der Waals surface area (Å²) in [5.41, 5.74) is 6.68. The monoisotopic (exact) mass is 282 g/mol. The molecule has 104 valence electrons. The Morgan fingerprint density at radius 3 is 2.74 bits per heavy atom. The average Bonchev–Trinajstić information content (AvgIpc) is 3.13. The van der Waals surface area contributed by atoms with Gasteiger partial charge in [-0.2, -0.15) is 0 Å². The average molecular weight is 282 g/mol. The van der Waals surface area contributed by atoms with Gasteiger partial charge in [-0.1, -0.05) is 12.1 Å². The van der Waals surface area contributed by atoms with Crippen molar-refractivity contribution in [3.8, 4) is 0 Å². The Hall–Kier alpha value is -1.56. The number of carbonyl (C=O) groups excluding carboxylic acids is 1. The molecule has 1 aliphatic rings. The third-order valence-corrected chi connectivity index (χ3v) is 4.89. The third kappa shape index (κ3) is 3.47. The van der Waals surface area contributed by atoms with Gasteiger partial charge in [-0.15, -0.1) is 0 Å². The molecule has 0 unspecified atom stereocenters. The van der Waals surface area contributed by atoms with Crippen LogP contribution in [0.5, 0.6) is 0 Å². The summed E-state index contributed by atoms with van der Waals surface area (Å²) in [4.78, 5) is 11.7. The molecule has 1 aliphatic carbocycles. The van der Waals surface area contributed by atoms with Gasteiger partial charge in [0, 0.05) is 6.54 Å². The van der Waals surface area contributed by atoms with E-state index in [4.69, 9.17) is 5.73 Å². The van der Waals surface area contributed by atoms with Crippen LogP contribution in [0.25, 0.3) is 0 Å². The minimum Gasteiger partial charge on any atom is -0.397 e. The summed E-state index contributed by atoms with van der Waals surface area (Å²) >= 11 is 0. The third-order valence-electron chi connectivity index (χ3n) is 3.23. The van der Waals surface area contributed by atoms with Gasteiger partial charge >= 0.3 is 0 Å². The first-order chi connectivity index (χ1) is 8.90. The second-order valence-corrected chi connectivity index (χ2v) is 6.95. The quantitative estimate of drug-likeness (QED) is 0.784. The lowest BCUT2D eigenvalue weighted by Crippen LogP contribution is -2.32. The highest BCUT2D eigenvalue weighted by molar-refractivity contribution is 7.92. The molecule has 1 saturated carbocycles. The molecule has 0 aromatic heterocycles. The highest BCUT2D eigenvalue weighted by Gasteiger charge is 2.25. The van der Waals surface area contributed by atoms with E-state index >= 15 is 0 Å². The van der Waals surface area contributed by atoms with Crippen LogP contribution in [-0.2, 0) is 14.6 Å². The van der Waals surface area contributed by atoms with Gasteiger partial charge < -0.3 is 11.1 Å². The second kappa shape index (κ2) is 5.21. The Morgan fingerprint density at radius 2 is 2.11 bits per heavy atom. The Balaban J connectivity index is 2.08. The molecule has 0 atom stereocenters. The fraction of sp³-hybridized carbons (Fsp3) is 0.462. The van der Waals surface area contributed by atoms with E-state index in [1.54, 1.807) is 19.1 Å². The number of benzene rings is 1. The van der Waals surface area contributed by atoms with Crippen molar-refractivity contribution >= 4 is 21.4 Å². The van der Waals surface area contributed by atoms with Gasteiger partial charge in [0.1, 0.15) is 5.75 Å². The van der Waals surface area contributed by atoms with Crippen molar-refractivity contribution in [2.45, 2.75) is 24.7 Å². The molecule has 6 heteroatoms. The van der Waals surface area contributed by atoms with Gasteiger partial charge in [-0.05, 0) is 37.3 Å². The first kappa shape index (κ1) is 13.9. The van der Waals surface area contributed by atoms with Crippen LogP contribution in [0.4, 0.5) is 5.69 Å². The maximum atomic E-state index is 12.1. The Kier molecular flexibility index (Phi) is 3.80. The molecule has 0 aliphatic heterocycles. The van der Waals surface area contributed by atoms with Crippen molar-refractivity contribution in [1.29, 1.82) is 0 Å². The molecule has 0 bridgehead atoms. The number of hydrogen-bond acceptors (Lipinski definition) is 4.